The van der Waals surface area contributed by atoms with Gasteiger partial charge in [0.15, 0.2) is 6.10 Å². The summed E-state index contributed by atoms with van der Waals surface area (Å²) < 4.78 is 17.3. The highest BCUT2D eigenvalue weighted by molar-refractivity contribution is 7.20. The molecule has 1 atom stereocenters. The minimum absolute atomic E-state index is 0.246. The van der Waals surface area contributed by atoms with E-state index in [1.807, 2.05) is 54.6 Å². The summed E-state index contributed by atoms with van der Waals surface area (Å²) in [6.45, 7) is 1.70. The summed E-state index contributed by atoms with van der Waals surface area (Å²) in [7, 11) is 1.60. The van der Waals surface area contributed by atoms with Crippen LogP contribution in [0.15, 0.2) is 59.0 Å². The third-order valence-corrected chi connectivity index (χ3v) is 5.13. The van der Waals surface area contributed by atoms with E-state index in [-0.39, 0.29) is 5.89 Å². The number of fused-ring (bicyclic) bond motifs is 1. The van der Waals surface area contributed by atoms with Crippen LogP contribution in [0.5, 0.6) is 5.75 Å². The Bertz CT molecular complexity index is 1050. The Morgan fingerprint density at radius 3 is 2.63 bits per heavy atom. The Labute approximate surface area is 159 Å². The maximum atomic E-state index is 12.4. The molecule has 2 aromatic carbocycles. The second kappa shape index (κ2) is 7.20. The maximum absolute atomic E-state index is 12.4. The average Bonchev–Trinajstić information content (AvgIpc) is 3.35. The number of carbonyl (C=O) groups is 1. The molecule has 0 saturated heterocycles. The van der Waals surface area contributed by atoms with Gasteiger partial charge in [-0.15, -0.1) is 21.5 Å². The highest BCUT2D eigenvalue weighted by Crippen LogP contribution is 2.28. The average molecular weight is 380 g/mol. The molecule has 0 bridgehead atoms. The minimum Gasteiger partial charge on any atom is -0.497 e. The Kier molecular flexibility index (Phi) is 4.60. The van der Waals surface area contributed by atoms with Crippen LogP contribution in [0, 0.1) is 0 Å². The molecule has 4 rings (SSSR count). The van der Waals surface area contributed by atoms with E-state index in [2.05, 4.69) is 10.2 Å². The number of nitrogens with zero attached hydrogens (tertiary/aromatic N) is 2. The molecule has 0 amide bonds. The monoisotopic (exact) mass is 380 g/mol. The first-order valence-corrected chi connectivity index (χ1v) is 9.13. The van der Waals surface area contributed by atoms with Crippen LogP contribution in [0.4, 0.5) is 0 Å². The second-order valence-electron chi connectivity index (χ2n) is 5.87. The fourth-order valence-corrected chi connectivity index (χ4v) is 3.55. The van der Waals surface area contributed by atoms with E-state index in [1.54, 1.807) is 14.0 Å². The van der Waals surface area contributed by atoms with Gasteiger partial charge >= 0.3 is 5.97 Å². The predicted molar refractivity (Wildman–Crippen MR) is 102 cm³/mol. The van der Waals surface area contributed by atoms with Gasteiger partial charge in [-0.25, -0.2) is 4.79 Å². The van der Waals surface area contributed by atoms with Crippen molar-refractivity contribution in [2.45, 2.75) is 13.0 Å². The van der Waals surface area contributed by atoms with Gasteiger partial charge in [0, 0.05) is 10.3 Å². The lowest BCUT2D eigenvalue weighted by atomic mass is 10.2. The fourth-order valence-electron chi connectivity index (χ4n) is 2.60. The third-order valence-electron chi connectivity index (χ3n) is 4.04. The van der Waals surface area contributed by atoms with Crippen LogP contribution >= 0.6 is 11.3 Å². The van der Waals surface area contributed by atoms with E-state index in [4.69, 9.17) is 13.9 Å². The number of methoxy groups -OCH3 is 1. The van der Waals surface area contributed by atoms with E-state index in [0.717, 1.165) is 21.4 Å². The Morgan fingerprint density at radius 2 is 1.89 bits per heavy atom. The van der Waals surface area contributed by atoms with Gasteiger partial charge in [-0.05, 0) is 48.7 Å². The van der Waals surface area contributed by atoms with Crippen LogP contribution in [0.25, 0.3) is 21.5 Å². The predicted octanol–water partition coefficient (Wildman–Crippen LogP) is 4.88. The van der Waals surface area contributed by atoms with Gasteiger partial charge in [0.05, 0.1) is 7.11 Å². The lowest BCUT2D eigenvalue weighted by molar-refractivity contribution is 0.0286. The summed E-state index contributed by atoms with van der Waals surface area (Å²) in [4.78, 5) is 13.0. The van der Waals surface area contributed by atoms with E-state index in [0.29, 0.717) is 10.8 Å². The molecule has 6 nitrogen and oxygen atoms in total. The highest BCUT2D eigenvalue weighted by atomic mass is 32.1. The molecule has 7 heteroatoms. The SMILES string of the molecule is COc1ccc(-c2nnc([C@H](C)OC(=O)c3cc4ccccc4s3)o2)cc1. The number of hydrogen-bond donors (Lipinski definition) is 0. The van der Waals surface area contributed by atoms with Crippen molar-refractivity contribution in [3.8, 4) is 17.2 Å². The topological polar surface area (TPSA) is 74.5 Å². The molecule has 0 N–H and O–H groups in total. The van der Waals surface area contributed by atoms with Crippen LogP contribution in [-0.2, 0) is 4.74 Å². The van der Waals surface area contributed by atoms with Gasteiger partial charge in [0.2, 0.25) is 5.89 Å². The second-order valence-corrected chi connectivity index (χ2v) is 6.95. The lowest BCUT2D eigenvalue weighted by Crippen LogP contribution is -2.08. The number of ether oxygens (including phenoxy) is 2. The molecule has 136 valence electrons. The summed E-state index contributed by atoms with van der Waals surface area (Å²) in [5, 5.41) is 9.05. The van der Waals surface area contributed by atoms with Crippen LogP contribution < -0.4 is 4.74 Å². The van der Waals surface area contributed by atoms with E-state index in [1.165, 1.54) is 11.3 Å². The largest absolute Gasteiger partial charge is 0.497 e. The van der Waals surface area contributed by atoms with Crippen molar-refractivity contribution >= 4 is 27.4 Å². The van der Waals surface area contributed by atoms with Crippen molar-refractivity contribution in [3.05, 3.63) is 65.4 Å². The Balaban J connectivity index is 1.48. The van der Waals surface area contributed by atoms with Crippen LogP contribution in [0.2, 0.25) is 0 Å². The molecule has 2 heterocycles. The number of rotatable bonds is 5. The summed E-state index contributed by atoms with van der Waals surface area (Å²) in [5.74, 6) is 0.935. The number of esters is 1. The maximum Gasteiger partial charge on any atom is 0.349 e. The van der Waals surface area contributed by atoms with Crippen LogP contribution in [0.3, 0.4) is 0 Å². The van der Waals surface area contributed by atoms with Crippen molar-refractivity contribution < 1.29 is 18.7 Å². The zero-order chi connectivity index (χ0) is 18.8. The van der Waals surface area contributed by atoms with E-state index >= 15 is 0 Å². The number of hydrogen-bond acceptors (Lipinski definition) is 7. The molecule has 0 aliphatic carbocycles. The normalized spacial score (nSPS) is 12.1. The third kappa shape index (κ3) is 3.54. The molecular formula is C20H16N2O4S. The molecule has 0 saturated carbocycles. The van der Waals surface area contributed by atoms with Crippen molar-refractivity contribution in [3.63, 3.8) is 0 Å². The molecule has 2 aromatic heterocycles. The summed E-state index contributed by atoms with van der Waals surface area (Å²) in [6, 6.07) is 16.9. The number of thiophene rings is 1. The van der Waals surface area contributed by atoms with Crippen LogP contribution in [0.1, 0.15) is 28.6 Å². The molecular weight excluding hydrogens is 364 g/mol. The highest BCUT2D eigenvalue weighted by Gasteiger charge is 2.21. The molecule has 0 aliphatic rings. The number of carbonyl (C=O) groups excluding carboxylic acids is 1. The van der Waals surface area contributed by atoms with Gasteiger partial charge in [-0.2, -0.15) is 0 Å². The first-order valence-electron chi connectivity index (χ1n) is 8.31. The van der Waals surface area contributed by atoms with Gasteiger partial charge in [-0.3, -0.25) is 0 Å². The zero-order valence-electron chi connectivity index (χ0n) is 14.7. The minimum atomic E-state index is -0.651. The lowest BCUT2D eigenvalue weighted by Gasteiger charge is -2.07. The standard InChI is InChI=1S/C20H16N2O4S/c1-12(25-20(23)17-11-14-5-3-4-6-16(14)27-17)18-21-22-19(26-18)13-7-9-15(24-2)10-8-13/h3-12H,1-2H3/t12-/m0/s1. The Hall–Kier alpha value is -3.19. The first-order chi connectivity index (χ1) is 13.1. The summed E-state index contributed by atoms with van der Waals surface area (Å²) in [5.41, 5.74) is 0.762. The smallest absolute Gasteiger partial charge is 0.349 e. The molecule has 4 aromatic rings. The fraction of sp³-hybridized carbons (Fsp3) is 0.150. The molecule has 27 heavy (non-hydrogen) atoms. The number of aromatic nitrogens is 2. The van der Waals surface area contributed by atoms with E-state index in [9.17, 15) is 4.79 Å². The number of benzene rings is 2. The molecule has 0 radical (unpaired) electrons. The molecule has 0 aliphatic heterocycles. The summed E-state index contributed by atoms with van der Waals surface area (Å²) >= 11 is 1.40. The van der Waals surface area contributed by atoms with Crippen molar-refractivity contribution in [1.29, 1.82) is 0 Å². The summed E-state index contributed by atoms with van der Waals surface area (Å²) in [6.07, 6.45) is -0.651. The molecule has 0 fully saturated rings. The zero-order valence-corrected chi connectivity index (χ0v) is 15.5. The van der Waals surface area contributed by atoms with Gasteiger partial charge < -0.3 is 13.9 Å². The van der Waals surface area contributed by atoms with Gasteiger partial charge in [-0.1, -0.05) is 18.2 Å². The van der Waals surface area contributed by atoms with E-state index < -0.39 is 12.1 Å². The van der Waals surface area contributed by atoms with Crippen molar-refractivity contribution in [2.75, 3.05) is 7.11 Å². The van der Waals surface area contributed by atoms with Crippen molar-refractivity contribution in [2.24, 2.45) is 0 Å². The molecule has 0 spiro atoms. The van der Waals surface area contributed by atoms with Crippen molar-refractivity contribution in [1.82, 2.24) is 10.2 Å². The first kappa shape index (κ1) is 17.2. The van der Waals surface area contributed by atoms with Gasteiger partial charge in [0.25, 0.3) is 5.89 Å². The van der Waals surface area contributed by atoms with Gasteiger partial charge in [0.1, 0.15) is 10.6 Å². The quantitative estimate of drug-likeness (QED) is 0.460. The molecule has 0 unspecified atom stereocenters. The Morgan fingerprint density at radius 1 is 1.11 bits per heavy atom. The van der Waals surface area contributed by atoms with Crippen LogP contribution in [-0.4, -0.2) is 23.3 Å².